The number of nitrogens with zero attached hydrogens (tertiary/aromatic N) is 2. The van der Waals surface area contributed by atoms with Gasteiger partial charge in [0.05, 0.1) is 18.3 Å². The Morgan fingerprint density at radius 3 is 2.84 bits per heavy atom. The lowest BCUT2D eigenvalue weighted by atomic mass is 10.1. The predicted molar refractivity (Wildman–Crippen MR) is 93.0 cm³/mol. The van der Waals surface area contributed by atoms with E-state index in [1.807, 2.05) is 25.1 Å². The van der Waals surface area contributed by atoms with Crippen molar-refractivity contribution in [1.82, 2.24) is 10.1 Å². The van der Waals surface area contributed by atoms with Gasteiger partial charge in [0.15, 0.2) is 0 Å². The van der Waals surface area contributed by atoms with Crippen LogP contribution in [-0.4, -0.2) is 23.2 Å². The van der Waals surface area contributed by atoms with Crippen LogP contribution in [0.4, 0.5) is 0 Å². The Balaban J connectivity index is 1.82. The van der Waals surface area contributed by atoms with Crippen molar-refractivity contribution in [1.29, 1.82) is 0 Å². The van der Waals surface area contributed by atoms with E-state index in [0.717, 1.165) is 5.39 Å². The first kappa shape index (κ1) is 17.2. The summed E-state index contributed by atoms with van der Waals surface area (Å²) in [5.41, 5.74) is 2.29. The molecular formula is C18H17ClN2O4. The van der Waals surface area contributed by atoms with Crippen molar-refractivity contribution in [2.45, 2.75) is 26.9 Å². The molecule has 0 unspecified atom stereocenters. The molecule has 0 atom stereocenters. The number of hydrogen-bond acceptors (Lipinski definition) is 6. The Morgan fingerprint density at radius 1 is 1.32 bits per heavy atom. The summed E-state index contributed by atoms with van der Waals surface area (Å²) in [6, 6.07) is 7.35. The van der Waals surface area contributed by atoms with Crippen LogP contribution in [0.25, 0.3) is 10.9 Å². The molecule has 6 nitrogen and oxygen atoms in total. The molecule has 130 valence electrons. The third-order valence-corrected chi connectivity index (χ3v) is 4.21. The Hall–Kier alpha value is -2.60. The molecule has 7 heteroatoms. The van der Waals surface area contributed by atoms with Crippen LogP contribution in [0.3, 0.4) is 0 Å². The predicted octanol–water partition coefficient (Wildman–Crippen LogP) is 4.11. The monoisotopic (exact) mass is 360 g/mol. The minimum atomic E-state index is -0.485. The molecular weight excluding hydrogens is 344 g/mol. The number of methoxy groups -OCH3 is 1. The number of halogens is 1. The van der Waals surface area contributed by atoms with Crippen molar-refractivity contribution in [3.63, 3.8) is 0 Å². The number of aromatic nitrogens is 2. The second kappa shape index (κ2) is 7.11. The van der Waals surface area contributed by atoms with Gasteiger partial charge in [-0.2, -0.15) is 0 Å². The highest BCUT2D eigenvalue weighted by Crippen LogP contribution is 2.25. The number of benzene rings is 1. The van der Waals surface area contributed by atoms with Gasteiger partial charge < -0.3 is 14.0 Å². The number of carbonyl (C=O) groups excluding carboxylic acids is 1. The van der Waals surface area contributed by atoms with Crippen molar-refractivity contribution in [2.24, 2.45) is 0 Å². The molecule has 0 saturated carbocycles. The highest BCUT2D eigenvalue weighted by Gasteiger charge is 2.21. The molecule has 0 N–H and O–H groups in total. The van der Waals surface area contributed by atoms with E-state index in [9.17, 15) is 4.79 Å². The quantitative estimate of drug-likeness (QED) is 0.503. The Bertz CT molecular complexity index is 936. The van der Waals surface area contributed by atoms with Gasteiger partial charge in [-0.15, -0.1) is 0 Å². The van der Waals surface area contributed by atoms with Crippen LogP contribution in [0.2, 0.25) is 5.15 Å². The van der Waals surface area contributed by atoms with Crippen molar-refractivity contribution < 1.29 is 18.8 Å². The van der Waals surface area contributed by atoms with Gasteiger partial charge in [0.1, 0.15) is 28.8 Å². The second-order valence-electron chi connectivity index (χ2n) is 5.49. The fraction of sp³-hybridized carbons (Fsp3) is 0.278. The molecule has 2 heterocycles. The van der Waals surface area contributed by atoms with Crippen LogP contribution >= 0.6 is 11.6 Å². The van der Waals surface area contributed by atoms with E-state index in [-0.39, 0.29) is 11.8 Å². The van der Waals surface area contributed by atoms with Crippen LogP contribution in [0.1, 0.15) is 34.3 Å². The largest absolute Gasteiger partial charge is 0.497 e. The minimum absolute atomic E-state index is 0.0143. The minimum Gasteiger partial charge on any atom is -0.497 e. The molecule has 25 heavy (non-hydrogen) atoms. The van der Waals surface area contributed by atoms with Gasteiger partial charge in [0, 0.05) is 17.0 Å². The number of esters is 1. The molecule has 0 aliphatic rings. The zero-order valence-corrected chi connectivity index (χ0v) is 14.9. The summed E-state index contributed by atoms with van der Waals surface area (Å²) in [7, 11) is 1.59. The average molecular weight is 361 g/mol. The summed E-state index contributed by atoms with van der Waals surface area (Å²) in [5.74, 6) is 0.656. The smallest absolute Gasteiger partial charge is 0.344 e. The maximum atomic E-state index is 12.3. The normalized spacial score (nSPS) is 10.9. The van der Waals surface area contributed by atoms with E-state index in [1.165, 1.54) is 0 Å². The molecule has 2 aromatic heterocycles. The Kier molecular flexibility index (Phi) is 4.90. The maximum Gasteiger partial charge on any atom is 0.344 e. The molecule has 0 amide bonds. The number of carbonyl (C=O) groups is 1. The highest BCUT2D eigenvalue weighted by molar-refractivity contribution is 6.30. The van der Waals surface area contributed by atoms with Gasteiger partial charge in [0.25, 0.3) is 0 Å². The lowest BCUT2D eigenvalue weighted by molar-refractivity contribution is 0.0469. The van der Waals surface area contributed by atoms with E-state index in [4.69, 9.17) is 25.6 Å². The van der Waals surface area contributed by atoms with Gasteiger partial charge in [0.2, 0.25) is 0 Å². The number of ether oxygens (including phenoxy) is 2. The standard InChI is InChI=1S/C18H17ClN2O4/c1-4-14-16(10(2)25-21-14)18(22)24-9-12-7-11-5-6-13(23-3)8-15(11)20-17(12)19/h5-8H,4,9H2,1-3H3. The van der Waals surface area contributed by atoms with Crippen LogP contribution in [0, 0.1) is 6.92 Å². The van der Waals surface area contributed by atoms with Crippen LogP contribution < -0.4 is 4.74 Å². The van der Waals surface area contributed by atoms with Crippen molar-refractivity contribution in [2.75, 3.05) is 7.11 Å². The van der Waals surface area contributed by atoms with E-state index < -0.39 is 5.97 Å². The van der Waals surface area contributed by atoms with Gasteiger partial charge in [-0.05, 0) is 31.5 Å². The first-order valence-corrected chi connectivity index (χ1v) is 8.16. The maximum absolute atomic E-state index is 12.3. The molecule has 1 aromatic carbocycles. The van der Waals surface area contributed by atoms with E-state index in [0.29, 0.717) is 40.3 Å². The van der Waals surface area contributed by atoms with Crippen LogP contribution in [-0.2, 0) is 17.8 Å². The van der Waals surface area contributed by atoms with Gasteiger partial charge in [-0.3, -0.25) is 0 Å². The summed E-state index contributed by atoms with van der Waals surface area (Å²) >= 11 is 6.22. The van der Waals surface area contributed by atoms with Crippen molar-refractivity contribution in [3.8, 4) is 5.75 Å². The molecule has 0 aliphatic carbocycles. The fourth-order valence-electron chi connectivity index (χ4n) is 2.53. The summed E-state index contributed by atoms with van der Waals surface area (Å²) in [5, 5.41) is 5.02. The van der Waals surface area contributed by atoms with Crippen molar-refractivity contribution in [3.05, 3.63) is 52.0 Å². The van der Waals surface area contributed by atoms with E-state index >= 15 is 0 Å². The first-order valence-electron chi connectivity index (χ1n) is 7.79. The Labute approximate surface area is 149 Å². The van der Waals surface area contributed by atoms with Gasteiger partial charge in [-0.1, -0.05) is 23.7 Å². The van der Waals surface area contributed by atoms with Crippen LogP contribution in [0.5, 0.6) is 5.75 Å². The third kappa shape index (κ3) is 3.44. The lowest BCUT2D eigenvalue weighted by Crippen LogP contribution is -2.09. The SMILES string of the molecule is CCc1noc(C)c1C(=O)OCc1cc2ccc(OC)cc2nc1Cl. The van der Waals surface area contributed by atoms with E-state index in [1.54, 1.807) is 20.1 Å². The summed E-state index contributed by atoms with van der Waals surface area (Å²) < 4.78 is 15.6. The molecule has 3 rings (SSSR count). The third-order valence-electron chi connectivity index (χ3n) is 3.88. The summed E-state index contributed by atoms with van der Waals surface area (Å²) in [6.07, 6.45) is 0.585. The average Bonchev–Trinajstić information content (AvgIpc) is 2.99. The number of pyridine rings is 1. The molecule has 0 saturated heterocycles. The van der Waals surface area contributed by atoms with E-state index in [2.05, 4.69) is 10.1 Å². The van der Waals surface area contributed by atoms with Gasteiger partial charge in [-0.25, -0.2) is 9.78 Å². The molecule has 0 radical (unpaired) electrons. The second-order valence-corrected chi connectivity index (χ2v) is 5.85. The summed E-state index contributed by atoms with van der Waals surface area (Å²) in [4.78, 5) is 16.7. The molecule has 0 spiro atoms. The number of hydrogen-bond donors (Lipinski definition) is 0. The Morgan fingerprint density at radius 2 is 2.12 bits per heavy atom. The number of fused-ring (bicyclic) bond motifs is 1. The molecule has 0 bridgehead atoms. The topological polar surface area (TPSA) is 74.5 Å². The van der Waals surface area contributed by atoms with Gasteiger partial charge >= 0.3 is 5.97 Å². The van der Waals surface area contributed by atoms with Crippen molar-refractivity contribution >= 4 is 28.5 Å². The number of aryl methyl sites for hydroxylation is 2. The fourth-order valence-corrected chi connectivity index (χ4v) is 2.73. The zero-order chi connectivity index (χ0) is 18.0. The number of rotatable bonds is 5. The molecule has 0 fully saturated rings. The lowest BCUT2D eigenvalue weighted by Gasteiger charge is -2.08. The molecule has 3 aromatic rings. The van der Waals surface area contributed by atoms with Crippen LogP contribution in [0.15, 0.2) is 28.8 Å². The first-order chi connectivity index (χ1) is 12.0. The summed E-state index contributed by atoms with van der Waals surface area (Å²) in [6.45, 7) is 3.59. The molecule has 0 aliphatic heterocycles. The zero-order valence-electron chi connectivity index (χ0n) is 14.1. The highest BCUT2D eigenvalue weighted by atomic mass is 35.5.